The van der Waals surface area contributed by atoms with Crippen molar-refractivity contribution in [2.45, 2.75) is 25.8 Å². The topological polar surface area (TPSA) is 47.3 Å². The minimum absolute atomic E-state index is 0.134. The largest absolute Gasteiger partial charge is 0.395 e. The molecule has 0 spiro atoms. The maximum atomic E-state index is 9.09. The number of nitrogens with zero attached hydrogens (tertiary/aromatic N) is 2. The van der Waals surface area contributed by atoms with Crippen LogP contribution in [0.1, 0.15) is 24.0 Å². The van der Waals surface area contributed by atoms with Gasteiger partial charge in [0.25, 0.3) is 0 Å². The lowest BCUT2D eigenvalue weighted by molar-refractivity contribution is 0.301. The highest BCUT2D eigenvalue weighted by atomic mass is 16.3. The second-order valence-electron chi connectivity index (χ2n) is 4.28. The van der Waals surface area contributed by atoms with Crippen LogP contribution in [0.2, 0.25) is 0 Å². The minimum Gasteiger partial charge on any atom is -0.395 e. The molecule has 0 unspecified atom stereocenters. The fourth-order valence-corrected chi connectivity index (χ4v) is 1.97. The van der Waals surface area contributed by atoms with Crippen molar-refractivity contribution in [2.75, 3.05) is 18.1 Å². The molecule has 1 aliphatic carbocycles. The molecule has 1 saturated carbocycles. The Morgan fingerprint density at radius 2 is 2.25 bits per heavy atom. The van der Waals surface area contributed by atoms with Crippen molar-refractivity contribution in [1.29, 1.82) is 5.26 Å². The Kier molecular flexibility index (Phi) is 3.12. The summed E-state index contributed by atoms with van der Waals surface area (Å²) in [6, 6.07) is 8.58. The van der Waals surface area contributed by atoms with E-state index in [2.05, 4.69) is 11.0 Å². The molecule has 0 atom stereocenters. The third-order valence-electron chi connectivity index (χ3n) is 2.91. The number of anilines is 1. The predicted octanol–water partition coefficient (Wildman–Crippen LogP) is 1.83. The van der Waals surface area contributed by atoms with E-state index >= 15 is 0 Å². The minimum atomic E-state index is 0.134. The molecule has 1 aromatic carbocycles. The molecule has 1 aliphatic rings. The van der Waals surface area contributed by atoms with Gasteiger partial charge in [0.15, 0.2) is 0 Å². The number of benzene rings is 1. The number of aliphatic hydroxyl groups is 1. The zero-order chi connectivity index (χ0) is 11.5. The van der Waals surface area contributed by atoms with Gasteiger partial charge < -0.3 is 10.0 Å². The average molecular weight is 216 g/mol. The monoisotopic (exact) mass is 216 g/mol. The molecule has 1 N–H and O–H groups in total. The zero-order valence-corrected chi connectivity index (χ0v) is 9.48. The first-order chi connectivity index (χ1) is 7.76. The molecule has 0 heterocycles. The molecule has 0 amide bonds. The zero-order valence-electron chi connectivity index (χ0n) is 9.48. The Morgan fingerprint density at radius 1 is 1.50 bits per heavy atom. The predicted molar refractivity (Wildman–Crippen MR) is 63.3 cm³/mol. The van der Waals surface area contributed by atoms with Crippen LogP contribution in [0.4, 0.5) is 5.69 Å². The van der Waals surface area contributed by atoms with Crippen molar-refractivity contribution in [3.8, 4) is 6.07 Å². The Bertz CT molecular complexity index is 418. The van der Waals surface area contributed by atoms with E-state index in [-0.39, 0.29) is 6.61 Å². The van der Waals surface area contributed by atoms with Gasteiger partial charge in [0.05, 0.1) is 17.9 Å². The summed E-state index contributed by atoms with van der Waals surface area (Å²) in [6.45, 7) is 2.77. The van der Waals surface area contributed by atoms with E-state index in [1.165, 1.54) is 12.8 Å². The molecule has 0 radical (unpaired) electrons. The highest BCUT2D eigenvalue weighted by Crippen LogP contribution is 2.33. The molecule has 3 heteroatoms. The first-order valence-corrected chi connectivity index (χ1v) is 5.64. The Labute approximate surface area is 95.9 Å². The second kappa shape index (κ2) is 4.54. The Balaban J connectivity index is 2.35. The van der Waals surface area contributed by atoms with Gasteiger partial charge in [-0.2, -0.15) is 5.26 Å². The lowest BCUT2D eigenvalue weighted by atomic mass is 10.1. The summed E-state index contributed by atoms with van der Waals surface area (Å²) in [7, 11) is 0. The summed E-state index contributed by atoms with van der Waals surface area (Å²) in [5.74, 6) is 0. The van der Waals surface area contributed by atoms with Crippen LogP contribution in [0.25, 0.3) is 0 Å². The number of aryl methyl sites for hydroxylation is 1. The van der Waals surface area contributed by atoms with Gasteiger partial charge in [0.1, 0.15) is 6.07 Å². The standard InChI is InChI=1S/C13H16N2O/c1-10-2-3-11(9-14)13(8-10)15(6-7-16)12-4-5-12/h2-3,8,12,16H,4-7H2,1H3. The molecule has 0 saturated heterocycles. The van der Waals surface area contributed by atoms with Crippen LogP contribution in [0.15, 0.2) is 18.2 Å². The molecule has 1 fully saturated rings. The van der Waals surface area contributed by atoms with Crippen molar-refractivity contribution >= 4 is 5.69 Å². The summed E-state index contributed by atoms with van der Waals surface area (Å²) in [4.78, 5) is 2.16. The molecule has 1 aromatic rings. The van der Waals surface area contributed by atoms with Gasteiger partial charge in [-0.3, -0.25) is 0 Å². The first-order valence-electron chi connectivity index (χ1n) is 5.64. The second-order valence-corrected chi connectivity index (χ2v) is 4.28. The number of hydrogen-bond donors (Lipinski definition) is 1. The van der Waals surface area contributed by atoms with E-state index in [4.69, 9.17) is 10.4 Å². The first kappa shape index (κ1) is 11.0. The van der Waals surface area contributed by atoms with E-state index in [9.17, 15) is 0 Å². The van der Waals surface area contributed by atoms with E-state index in [0.29, 0.717) is 18.2 Å². The summed E-state index contributed by atoms with van der Waals surface area (Å²) in [5, 5.41) is 18.2. The molecule has 2 rings (SSSR count). The Morgan fingerprint density at radius 3 is 2.81 bits per heavy atom. The molecule has 0 bridgehead atoms. The van der Waals surface area contributed by atoms with Crippen LogP contribution in [0.3, 0.4) is 0 Å². The molecule has 0 aromatic heterocycles. The Hall–Kier alpha value is -1.53. The summed E-state index contributed by atoms with van der Waals surface area (Å²) >= 11 is 0. The number of nitriles is 1. The van der Waals surface area contributed by atoms with Crippen molar-refractivity contribution in [3.63, 3.8) is 0 Å². The third kappa shape index (κ3) is 2.17. The van der Waals surface area contributed by atoms with Crippen LogP contribution in [0.5, 0.6) is 0 Å². The van der Waals surface area contributed by atoms with E-state index < -0.39 is 0 Å². The average Bonchev–Trinajstić information content (AvgIpc) is 3.10. The SMILES string of the molecule is Cc1ccc(C#N)c(N(CCO)C2CC2)c1. The smallest absolute Gasteiger partial charge is 0.101 e. The van der Waals surface area contributed by atoms with Gasteiger partial charge in [-0.05, 0) is 37.5 Å². The van der Waals surface area contributed by atoms with Gasteiger partial charge in [-0.1, -0.05) is 6.07 Å². The van der Waals surface area contributed by atoms with Gasteiger partial charge in [0, 0.05) is 12.6 Å². The highest BCUT2D eigenvalue weighted by molar-refractivity contribution is 5.61. The fraction of sp³-hybridized carbons (Fsp3) is 0.462. The fourth-order valence-electron chi connectivity index (χ4n) is 1.97. The molecule has 0 aliphatic heterocycles. The van der Waals surface area contributed by atoms with Crippen LogP contribution < -0.4 is 4.90 Å². The van der Waals surface area contributed by atoms with E-state index in [1.54, 1.807) is 0 Å². The van der Waals surface area contributed by atoms with Gasteiger partial charge in [-0.15, -0.1) is 0 Å². The normalized spacial score (nSPS) is 14.6. The van der Waals surface area contributed by atoms with Gasteiger partial charge >= 0.3 is 0 Å². The quantitative estimate of drug-likeness (QED) is 0.835. The van der Waals surface area contributed by atoms with E-state index in [1.807, 2.05) is 25.1 Å². The van der Waals surface area contributed by atoms with Crippen LogP contribution in [0, 0.1) is 18.3 Å². The molecule has 16 heavy (non-hydrogen) atoms. The summed E-state index contributed by atoms with van der Waals surface area (Å²) in [6.07, 6.45) is 2.33. The molecular formula is C13H16N2O. The number of rotatable bonds is 4. The van der Waals surface area contributed by atoms with Crippen molar-refractivity contribution in [1.82, 2.24) is 0 Å². The number of hydrogen-bond acceptors (Lipinski definition) is 3. The van der Waals surface area contributed by atoms with Crippen LogP contribution in [-0.2, 0) is 0 Å². The third-order valence-corrected chi connectivity index (χ3v) is 2.91. The van der Waals surface area contributed by atoms with Gasteiger partial charge in [0.2, 0.25) is 0 Å². The van der Waals surface area contributed by atoms with Crippen LogP contribution in [-0.4, -0.2) is 24.3 Å². The highest BCUT2D eigenvalue weighted by Gasteiger charge is 2.30. The summed E-state index contributed by atoms with van der Waals surface area (Å²) < 4.78 is 0. The summed E-state index contributed by atoms with van der Waals surface area (Å²) in [5.41, 5.74) is 2.82. The van der Waals surface area contributed by atoms with E-state index in [0.717, 1.165) is 11.3 Å². The van der Waals surface area contributed by atoms with Crippen molar-refractivity contribution in [2.24, 2.45) is 0 Å². The molecule has 3 nitrogen and oxygen atoms in total. The molecule has 84 valence electrons. The lowest BCUT2D eigenvalue weighted by Gasteiger charge is -2.25. The van der Waals surface area contributed by atoms with Crippen LogP contribution >= 0.6 is 0 Å². The molecular weight excluding hydrogens is 200 g/mol. The van der Waals surface area contributed by atoms with Crippen molar-refractivity contribution < 1.29 is 5.11 Å². The number of aliphatic hydroxyl groups excluding tert-OH is 1. The van der Waals surface area contributed by atoms with Crippen molar-refractivity contribution in [3.05, 3.63) is 29.3 Å². The van der Waals surface area contributed by atoms with Gasteiger partial charge in [-0.25, -0.2) is 0 Å². The maximum Gasteiger partial charge on any atom is 0.101 e. The lowest BCUT2D eigenvalue weighted by Crippen LogP contribution is -2.29. The maximum absolute atomic E-state index is 9.09.